The lowest BCUT2D eigenvalue weighted by atomic mass is 10.5. The van der Waals surface area contributed by atoms with Crippen LogP contribution in [0.3, 0.4) is 0 Å². The molecule has 0 aliphatic heterocycles. The Morgan fingerprint density at radius 2 is 2.15 bits per heavy atom. The van der Waals surface area contributed by atoms with Crippen molar-refractivity contribution in [1.82, 2.24) is 9.78 Å². The van der Waals surface area contributed by atoms with Crippen molar-refractivity contribution in [3.05, 3.63) is 15.5 Å². The summed E-state index contributed by atoms with van der Waals surface area (Å²) in [5.41, 5.74) is 0.244. The molecular weight excluding hydrogens is 300 g/mol. The first kappa shape index (κ1) is 10.8. The SMILES string of the molecule is OCc1cc(I)n(CC(F)(F)F)n1. The zero-order valence-electron chi connectivity index (χ0n) is 6.35. The summed E-state index contributed by atoms with van der Waals surface area (Å²) in [5.74, 6) is 0. The molecule has 13 heavy (non-hydrogen) atoms. The zero-order chi connectivity index (χ0) is 10.1. The van der Waals surface area contributed by atoms with Crippen molar-refractivity contribution in [3.8, 4) is 0 Å². The number of aromatic nitrogens is 2. The third kappa shape index (κ3) is 3.14. The molecule has 1 rings (SSSR count). The standard InChI is InChI=1S/C6H6F3IN2O/c7-6(8,9)3-12-5(10)1-4(2-13)11-12/h1,13H,2-3H2. The molecule has 0 saturated heterocycles. The lowest BCUT2D eigenvalue weighted by Crippen LogP contribution is -2.19. The van der Waals surface area contributed by atoms with Gasteiger partial charge in [0.25, 0.3) is 0 Å². The largest absolute Gasteiger partial charge is 0.408 e. The van der Waals surface area contributed by atoms with Gasteiger partial charge in [-0.25, -0.2) is 4.68 Å². The van der Waals surface area contributed by atoms with Crippen LogP contribution in [-0.2, 0) is 13.2 Å². The van der Waals surface area contributed by atoms with E-state index < -0.39 is 12.7 Å². The normalized spacial score (nSPS) is 12.1. The first-order valence-electron chi connectivity index (χ1n) is 3.32. The second kappa shape index (κ2) is 3.82. The number of aliphatic hydroxyl groups is 1. The van der Waals surface area contributed by atoms with E-state index in [0.29, 0.717) is 3.70 Å². The molecular formula is C6H6F3IN2O. The Balaban J connectivity index is 2.83. The van der Waals surface area contributed by atoms with Gasteiger partial charge in [-0.05, 0) is 28.7 Å². The molecule has 0 aromatic carbocycles. The molecule has 74 valence electrons. The van der Waals surface area contributed by atoms with Gasteiger partial charge in [-0.3, -0.25) is 0 Å². The zero-order valence-corrected chi connectivity index (χ0v) is 8.50. The number of alkyl halides is 3. The van der Waals surface area contributed by atoms with Crippen LogP contribution >= 0.6 is 22.6 Å². The van der Waals surface area contributed by atoms with E-state index in [9.17, 15) is 13.2 Å². The first-order valence-corrected chi connectivity index (χ1v) is 4.40. The van der Waals surface area contributed by atoms with Crippen LogP contribution in [0, 0.1) is 3.70 Å². The molecule has 0 amide bonds. The van der Waals surface area contributed by atoms with Crippen LogP contribution in [0.5, 0.6) is 0 Å². The van der Waals surface area contributed by atoms with Crippen LogP contribution in [0.2, 0.25) is 0 Å². The summed E-state index contributed by atoms with van der Waals surface area (Å²) in [7, 11) is 0. The van der Waals surface area contributed by atoms with Crippen molar-refractivity contribution in [3.63, 3.8) is 0 Å². The van der Waals surface area contributed by atoms with Gasteiger partial charge in [0.05, 0.1) is 16.0 Å². The summed E-state index contributed by atoms with van der Waals surface area (Å²) in [6.45, 7) is -1.47. The quantitative estimate of drug-likeness (QED) is 0.842. The third-order valence-electron chi connectivity index (χ3n) is 1.27. The van der Waals surface area contributed by atoms with Crippen molar-refractivity contribution in [2.24, 2.45) is 0 Å². The summed E-state index contributed by atoms with van der Waals surface area (Å²) in [6.07, 6.45) is -4.28. The van der Waals surface area contributed by atoms with Gasteiger partial charge in [0.2, 0.25) is 0 Å². The van der Waals surface area contributed by atoms with E-state index in [1.807, 2.05) is 0 Å². The highest BCUT2D eigenvalue weighted by atomic mass is 127. The minimum Gasteiger partial charge on any atom is -0.390 e. The van der Waals surface area contributed by atoms with Crippen LogP contribution in [0.4, 0.5) is 13.2 Å². The van der Waals surface area contributed by atoms with E-state index in [2.05, 4.69) is 5.10 Å². The number of hydrogen-bond donors (Lipinski definition) is 1. The summed E-state index contributed by atoms with van der Waals surface area (Å²) in [5, 5.41) is 12.2. The van der Waals surface area contributed by atoms with Gasteiger partial charge in [0, 0.05) is 0 Å². The van der Waals surface area contributed by atoms with Crippen LogP contribution < -0.4 is 0 Å². The highest BCUT2D eigenvalue weighted by Gasteiger charge is 2.29. The van der Waals surface area contributed by atoms with E-state index in [0.717, 1.165) is 4.68 Å². The number of rotatable bonds is 2. The second-order valence-electron chi connectivity index (χ2n) is 2.39. The molecule has 3 nitrogen and oxygen atoms in total. The van der Waals surface area contributed by atoms with Crippen molar-refractivity contribution in [1.29, 1.82) is 0 Å². The van der Waals surface area contributed by atoms with Crippen molar-refractivity contribution >= 4 is 22.6 Å². The minimum atomic E-state index is -4.28. The molecule has 1 aromatic rings. The van der Waals surface area contributed by atoms with Crippen LogP contribution in [-0.4, -0.2) is 21.1 Å². The van der Waals surface area contributed by atoms with Gasteiger partial charge < -0.3 is 5.11 Å². The summed E-state index contributed by atoms with van der Waals surface area (Å²) >= 11 is 1.73. The van der Waals surface area contributed by atoms with Gasteiger partial charge in [0.1, 0.15) is 6.54 Å². The molecule has 0 spiro atoms. The lowest BCUT2D eigenvalue weighted by molar-refractivity contribution is -0.143. The molecule has 0 atom stereocenters. The minimum absolute atomic E-state index is 0.244. The third-order valence-corrected chi connectivity index (χ3v) is 2.14. The Bertz CT molecular complexity index is 297. The molecule has 0 unspecified atom stereocenters. The van der Waals surface area contributed by atoms with Gasteiger partial charge in [-0.1, -0.05) is 0 Å². The average molecular weight is 306 g/mol. The molecule has 0 fully saturated rings. The van der Waals surface area contributed by atoms with Crippen LogP contribution in [0.1, 0.15) is 5.69 Å². The lowest BCUT2D eigenvalue weighted by Gasteiger charge is -2.06. The molecule has 0 bridgehead atoms. The summed E-state index contributed by atoms with van der Waals surface area (Å²) in [4.78, 5) is 0. The maximum absolute atomic E-state index is 11.9. The van der Waals surface area contributed by atoms with Crippen molar-refractivity contribution in [2.75, 3.05) is 0 Å². The highest BCUT2D eigenvalue weighted by Crippen LogP contribution is 2.19. The number of nitrogens with zero attached hydrogens (tertiary/aromatic N) is 2. The van der Waals surface area contributed by atoms with Gasteiger partial charge >= 0.3 is 6.18 Å². The average Bonchev–Trinajstić information content (AvgIpc) is 2.29. The topological polar surface area (TPSA) is 38.0 Å². The fraction of sp³-hybridized carbons (Fsp3) is 0.500. The van der Waals surface area contributed by atoms with E-state index in [4.69, 9.17) is 5.11 Å². The fourth-order valence-corrected chi connectivity index (χ4v) is 1.44. The number of aliphatic hydroxyl groups excluding tert-OH is 1. The highest BCUT2D eigenvalue weighted by molar-refractivity contribution is 14.1. The van der Waals surface area contributed by atoms with E-state index in [1.54, 1.807) is 22.6 Å². The Hall–Kier alpha value is -0.310. The maximum atomic E-state index is 11.9. The molecule has 7 heteroatoms. The molecule has 0 aliphatic carbocycles. The molecule has 1 heterocycles. The second-order valence-corrected chi connectivity index (χ2v) is 3.49. The Morgan fingerprint density at radius 1 is 1.54 bits per heavy atom. The van der Waals surface area contributed by atoms with Crippen LogP contribution in [0.15, 0.2) is 6.07 Å². The summed E-state index contributed by atoms with van der Waals surface area (Å²) in [6, 6.07) is 1.41. The first-order chi connectivity index (χ1) is 5.92. The van der Waals surface area contributed by atoms with E-state index in [1.165, 1.54) is 6.07 Å². The molecule has 1 N–H and O–H groups in total. The Labute approximate surface area is 85.7 Å². The van der Waals surface area contributed by atoms with Crippen molar-refractivity contribution < 1.29 is 18.3 Å². The molecule has 0 aliphatic rings. The Kier molecular flexibility index (Phi) is 3.17. The Morgan fingerprint density at radius 3 is 2.54 bits per heavy atom. The van der Waals surface area contributed by atoms with Gasteiger partial charge in [0.15, 0.2) is 0 Å². The van der Waals surface area contributed by atoms with Crippen molar-refractivity contribution in [2.45, 2.75) is 19.3 Å². The molecule has 0 radical (unpaired) electrons. The summed E-state index contributed by atoms with van der Waals surface area (Å²) < 4.78 is 36.9. The van der Waals surface area contributed by atoms with E-state index >= 15 is 0 Å². The molecule has 1 aromatic heterocycles. The van der Waals surface area contributed by atoms with Crippen LogP contribution in [0.25, 0.3) is 0 Å². The smallest absolute Gasteiger partial charge is 0.390 e. The predicted molar refractivity (Wildman–Crippen MR) is 46.9 cm³/mol. The van der Waals surface area contributed by atoms with E-state index in [-0.39, 0.29) is 12.3 Å². The monoisotopic (exact) mass is 306 g/mol. The predicted octanol–water partition coefficient (Wildman–Crippen LogP) is 1.54. The van der Waals surface area contributed by atoms with Gasteiger partial charge in [-0.15, -0.1) is 0 Å². The maximum Gasteiger partial charge on any atom is 0.408 e. The number of hydrogen-bond acceptors (Lipinski definition) is 2. The fourth-order valence-electron chi connectivity index (χ4n) is 0.802. The molecule has 0 saturated carbocycles. The van der Waals surface area contributed by atoms with Gasteiger partial charge in [-0.2, -0.15) is 18.3 Å². The number of halogens is 4.